The van der Waals surface area contributed by atoms with Gasteiger partial charge in [0, 0.05) is 56.8 Å². The molecule has 0 spiro atoms. The summed E-state index contributed by atoms with van der Waals surface area (Å²) < 4.78 is 16.9. The van der Waals surface area contributed by atoms with Crippen LogP contribution in [0.15, 0.2) is 30.5 Å². The van der Waals surface area contributed by atoms with Gasteiger partial charge in [-0.25, -0.2) is 15.0 Å². The fourth-order valence-electron chi connectivity index (χ4n) is 6.94. The van der Waals surface area contributed by atoms with Crippen molar-refractivity contribution >= 4 is 82.0 Å². The van der Waals surface area contributed by atoms with Crippen molar-refractivity contribution in [1.29, 1.82) is 0 Å². The van der Waals surface area contributed by atoms with Gasteiger partial charge in [-0.3, -0.25) is 48.1 Å². The highest BCUT2D eigenvalue weighted by molar-refractivity contribution is 7.81. The van der Waals surface area contributed by atoms with E-state index in [1.54, 1.807) is 40.8 Å². The minimum absolute atomic E-state index is 0.00129. The monoisotopic (exact) mass is 816 g/mol. The van der Waals surface area contributed by atoms with E-state index in [1.165, 1.54) is 36.3 Å². The Morgan fingerprint density at radius 3 is 2.24 bits per heavy atom. The van der Waals surface area contributed by atoms with Crippen molar-refractivity contribution < 1.29 is 38.2 Å². The van der Waals surface area contributed by atoms with Gasteiger partial charge in [0.25, 0.3) is 5.91 Å². The number of benzene rings is 2. The molecule has 21 heteroatoms. The second-order valence-electron chi connectivity index (χ2n) is 13.7. The topological polar surface area (TPSA) is 271 Å². The molecule has 6 amide bonds. The van der Waals surface area contributed by atoms with E-state index in [0.717, 1.165) is 4.90 Å². The first-order chi connectivity index (χ1) is 27.5. The molecule has 20 nitrogen and oxygen atoms in total. The lowest BCUT2D eigenvalue weighted by molar-refractivity contribution is -0.139. The predicted molar refractivity (Wildman–Crippen MR) is 215 cm³/mol. The highest BCUT2D eigenvalue weighted by atomic mass is 32.1. The maximum atomic E-state index is 13.9. The lowest BCUT2D eigenvalue weighted by Crippen LogP contribution is -2.36. The number of fused-ring (bicyclic) bond motifs is 2. The molecule has 2 aromatic carbocycles. The Labute approximate surface area is 337 Å². The minimum atomic E-state index is -0.844. The number of aryl methyl sites for hydroxylation is 2. The number of likely N-dealkylation sites (tertiary alicyclic amines) is 1. The number of ether oxygens (including phenoxy) is 2. The summed E-state index contributed by atoms with van der Waals surface area (Å²) in [7, 11) is 3.02. The number of nitrogens with zero attached hydrogens (tertiary/aromatic N) is 8. The number of carbonyl (C=O) groups is 6. The first-order valence-corrected chi connectivity index (χ1v) is 18.8. The molecule has 1 aliphatic rings. The van der Waals surface area contributed by atoms with Gasteiger partial charge in [0.15, 0.2) is 5.82 Å². The summed E-state index contributed by atoms with van der Waals surface area (Å²) in [4.78, 5) is 92.0. The third-order valence-electron chi connectivity index (χ3n) is 9.82. The van der Waals surface area contributed by atoms with Crippen LogP contribution in [0.2, 0.25) is 0 Å². The molecule has 1 aliphatic heterocycles. The molecule has 4 heterocycles. The van der Waals surface area contributed by atoms with Gasteiger partial charge in [-0.1, -0.05) is 0 Å². The maximum absolute atomic E-state index is 13.9. The standard InChI is InChI=1S/C37H44N12O8S/c1-6-46-17-18(2)41-33(46)34(54)44-37-43-23-13-21(32(39)53)15-25(57-11-7-9-45(4)27(50)8-10-47-28(51)16-26(58)35(47)55)30(23)49(37)19(3)48-29-22(42-36(48)40)12-20(31(38)52)14-24(29)56-5/h12-15,17,19,26,58H,6-11,16H2,1-5H3,(H2,38,52)(H2,39,53)(H2,40,42)(H,43,44,54). The van der Waals surface area contributed by atoms with Crippen molar-refractivity contribution in [3.63, 3.8) is 0 Å². The number of anilines is 2. The third kappa shape index (κ3) is 7.84. The van der Waals surface area contributed by atoms with Crippen molar-refractivity contribution in [2.75, 3.05) is 44.9 Å². The Morgan fingerprint density at radius 1 is 1.00 bits per heavy atom. The Kier molecular flexibility index (Phi) is 11.6. The molecular weight excluding hydrogens is 773 g/mol. The number of primary amides is 2. The SMILES string of the molecule is CCn1cc(C)nc1C(=O)Nc1nc2cc(C(N)=O)cc(OCCCN(C)C(=O)CCN3C(=O)CC(S)C3=O)c2n1C(C)n1c(N)nc2cc(C(N)=O)cc(OC)c21. The van der Waals surface area contributed by atoms with Crippen LogP contribution in [0, 0.1) is 6.92 Å². The molecule has 0 saturated carbocycles. The molecule has 5 aromatic rings. The number of hydrogen-bond donors (Lipinski definition) is 5. The van der Waals surface area contributed by atoms with Gasteiger partial charge in [-0.05, 0) is 51.5 Å². The fourth-order valence-corrected chi connectivity index (χ4v) is 7.23. The van der Waals surface area contributed by atoms with Crippen LogP contribution in [0.4, 0.5) is 11.9 Å². The molecule has 6 rings (SSSR count). The number of imidazole rings is 3. The number of carbonyl (C=O) groups excluding carboxylic acids is 6. The fraction of sp³-hybridized carbons (Fsp3) is 0.378. The van der Waals surface area contributed by atoms with Crippen LogP contribution in [-0.4, -0.2) is 113 Å². The number of thiol groups is 1. The molecular formula is C37H44N12O8S. The first-order valence-electron chi connectivity index (χ1n) is 18.3. The van der Waals surface area contributed by atoms with Crippen LogP contribution < -0.4 is 32.0 Å². The molecule has 2 atom stereocenters. The molecule has 0 aliphatic carbocycles. The average molecular weight is 817 g/mol. The van der Waals surface area contributed by atoms with Crippen LogP contribution in [0.3, 0.4) is 0 Å². The second kappa shape index (κ2) is 16.5. The summed E-state index contributed by atoms with van der Waals surface area (Å²) in [6.45, 7) is 6.13. The number of nitrogen functional groups attached to an aromatic ring is 1. The summed E-state index contributed by atoms with van der Waals surface area (Å²) in [5, 5.41) is 2.18. The number of nitrogens with one attached hydrogen (secondary N) is 1. The molecule has 306 valence electrons. The van der Waals surface area contributed by atoms with E-state index >= 15 is 0 Å². The zero-order valence-corrected chi connectivity index (χ0v) is 33.4. The lowest BCUT2D eigenvalue weighted by atomic mass is 10.1. The number of nitrogens with two attached hydrogens (primary N) is 3. The second-order valence-corrected chi connectivity index (χ2v) is 14.3. The normalized spacial score (nSPS) is 14.7. The molecule has 3 aromatic heterocycles. The van der Waals surface area contributed by atoms with Crippen molar-refractivity contribution in [2.45, 2.75) is 58.0 Å². The van der Waals surface area contributed by atoms with Gasteiger partial charge in [-0.2, -0.15) is 12.6 Å². The van der Waals surface area contributed by atoms with Crippen molar-refractivity contribution in [1.82, 2.24) is 38.5 Å². The highest BCUT2D eigenvalue weighted by Crippen LogP contribution is 2.38. The van der Waals surface area contributed by atoms with E-state index < -0.39 is 35.0 Å². The molecule has 1 fully saturated rings. The molecule has 2 unspecified atom stereocenters. The average Bonchev–Trinajstić information content (AvgIpc) is 3.91. The zero-order chi connectivity index (χ0) is 42.2. The molecule has 0 radical (unpaired) electrons. The van der Waals surface area contributed by atoms with Crippen LogP contribution in [-0.2, 0) is 20.9 Å². The van der Waals surface area contributed by atoms with Crippen molar-refractivity contribution in [3.8, 4) is 11.5 Å². The van der Waals surface area contributed by atoms with Gasteiger partial charge >= 0.3 is 0 Å². The summed E-state index contributed by atoms with van der Waals surface area (Å²) in [6, 6.07) is 5.87. The number of hydrogen-bond acceptors (Lipinski definition) is 13. The summed E-state index contributed by atoms with van der Waals surface area (Å²) in [6.07, 6.45) is 1.18. The zero-order valence-electron chi connectivity index (χ0n) is 32.5. The number of amides is 6. The van der Waals surface area contributed by atoms with Gasteiger partial charge in [-0.15, -0.1) is 0 Å². The molecule has 58 heavy (non-hydrogen) atoms. The largest absolute Gasteiger partial charge is 0.494 e. The van der Waals surface area contributed by atoms with Gasteiger partial charge < -0.3 is 36.1 Å². The summed E-state index contributed by atoms with van der Waals surface area (Å²) >= 11 is 4.12. The Hall–Kier alpha value is -6.64. The Morgan fingerprint density at radius 2 is 1.64 bits per heavy atom. The quantitative estimate of drug-likeness (QED) is 0.0541. The molecule has 1 saturated heterocycles. The van der Waals surface area contributed by atoms with Crippen LogP contribution >= 0.6 is 12.6 Å². The van der Waals surface area contributed by atoms with E-state index in [0.29, 0.717) is 35.2 Å². The van der Waals surface area contributed by atoms with Crippen LogP contribution in [0.25, 0.3) is 22.1 Å². The van der Waals surface area contributed by atoms with E-state index in [9.17, 15) is 28.8 Å². The van der Waals surface area contributed by atoms with E-state index in [-0.39, 0.29) is 90.2 Å². The summed E-state index contributed by atoms with van der Waals surface area (Å²) in [5.74, 6) is -2.49. The van der Waals surface area contributed by atoms with E-state index in [4.69, 9.17) is 31.7 Å². The molecule has 0 bridgehead atoms. The lowest BCUT2D eigenvalue weighted by Gasteiger charge is -2.23. The number of rotatable bonds is 16. The smallest absolute Gasteiger partial charge is 0.293 e. The predicted octanol–water partition coefficient (Wildman–Crippen LogP) is 1.69. The Balaban J connectivity index is 1.37. The van der Waals surface area contributed by atoms with Crippen molar-refractivity contribution in [3.05, 3.63) is 53.1 Å². The van der Waals surface area contributed by atoms with E-state index in [1.807, 2.05) is 6.92 Å². The van der Waals surface area contributed by atoms with Gasteiger partial charge in [0.1, 0.15) is 28.7 Å². The Bertz CT molecular complexity index is 2490. The summed E-state index contributed by atoms with van der Waals surface area (Å²) in [5.41, 5.74) is 20.0. The number of methoxy groups -OCH3 is 1. The van der Waals surface area contributed by atoms with Gasteiger partial charge in [0.05, 0.1) is 35.7 Å². The van der Waals surface area contributed by atoms with E-state index in [2.05, 4.69) is 27.9 Å². The van der Waals surface area contributed by atoms with Crippen molar-refractivity contribution in [2.24, 2.45) is 11.5 Å². The first kappa shape index (κ1) is 41.0. The van der Waals surface area contributed by atoms with Crippen LogP contribution in [0.1, 0.15) is 76.3 Å². The number of aromatic nitrogens is 6. The van der Waals surface area contributed by atoms with Gasteiger partial charge in [0.2, 0.25) is 41.4 Å². The molecule has 7 N–H and O–H groups in total. The third-order valence-corrected chi connectivity index (χ3v) is 10.2. The minimum Gasteiger partial charge on any atom is -0.494 e. The number of imide groups is 1. The highest BCUT2D eigenvalue weighted by Gasteiger charge is 2.36. The van der Waals surface area contributed by atoms with Crippen LogP contribution in [0.5, 0.6) is 11.5 Å². The maximum Gasteiger partial charge on any atom is 0.293 e.